The number of ether oxygens (including phenoxy) is 1. The standard InChI is InChI=1S/C24H37N3O5/c1-6-7-8-14-25-21(29)20(17-10-9-11-19(28)15-17)27(18-12-13-18)22(30)16(2)26-23(31)32-24(3,4)5/h9-11,15-16,18,20,28H,6-8,12-14H2,1-5H3,(H,25,29)(H,26,31). The summed E-state index contributed by atoms with van der Waals surface area (Å²) >= 11 is 0. The third-order valence-electron chi connectivity index (χ3n) is 5.09. The predicted molar refractivity (Wildman–Crippen MR) is 122 cm³/mol. The van der Waals surface area contributed by atoms with E-state index in [1.165, 1.54) is 12.1 Å². The van der Waals surface area contributed by atoms with Gasteiger partial charge in [-0.15, -0.1) is 0 Å². The van der Waals surface area contributed by atoms with E-state index in [9.17, 15) is 19.5 Å². The predicted octanol–water partition coefficient (Wildman–Crippen LogP) is 3.64. The third kappa shape index (κ3) is 7.73. The molecule has 0 aromatic heterocycles. The smallest absolute Gasteiger partial charge is 0.408 e. The summed E-state index contributed by atoms with van der Waals surface area (Å²) in [6.45, 7) is 9.42. The quantitative estimate of drug-likeness (QED) is 0.475. The fourth-order valence-electron chi connectivity index (χ4n) is 3.46. The van der Waals surface area contributed by atoms with Crippen molar-refractivity contribution in [3.63, 3.8) is 0 Å². The first-order chi connectivity index (χ1) is 15.0. The monoisotopic (exact) mass is 447 g/mol. The minimum absolute atomic E-state index is 0.0226. The average Bonchev–Trinajstić information content (AvgIpc) is 3.52. The molecule has 0 bridgehead atoms. The van der Waals surface area contributed by atoms with Gasteiger partial charge in [0.05, 0.1) is 0 Å². The summed E-state index contributed by atoms with van der Waals surface area (Å²) in [5, 5.41) is 15.5. The zero-order chi connectivity index (χ0) is 23.9. The number of carbonyl (C=O) groups is 3. The van der Waals surface area contributed by atoms with E-state index in [0.717, 1.165) is 32.1 Å². The first kappa shape index (κ1) is 25.5. The molecule has 1 aliphatic rings. The van der Waals surface area contributed by atoms with Crippen molar-refractivity contribution in [3.8, 4) is 5.75 Å². The molecule has 0 saturated heterocycles. The number of phenols is 1. The molecule has 3 amide bonds. The minimum Gasteiger partial charge on any atom is -0.508 e. The van der Waals surface area contributed by atoms with Crippen LogP contribution in [0.25, 0.3) is 0 Å². The lowest BCUT2D eigenvalue weighted by Crippen LogP contribution is -2.52. The molecule has 0 heterocycles. The summed E-state index contributed by atoms with van der Waals surface area (Å²) < 4.78 is 5.27. The van der Waals surface area contributed by atoms with E-state index in [-0.39, 0.29) is 23.6 Å². The number of nitrogens with zero attached hydrogens (tertiary/aromatic N) is 1. The highest BCUT2D eigenvalue weighted by atomic mass is 16.6. The van der Waals surface area contributed by atoms with Crippen molar-refractivity contribution < 1.29 is 24.2 Å². The summed E-state index contributed by atoms with van der Waals surface area (Å²) in [5.41, 5.74) is -0.159. The van der Waals surface area contributed by atoms with Crippen molar-refractivity contribution in [1.29, 1.82) is 0 Å². The largest absolute Gasteiger partial charge is 0.508 e. The Morgan fingerprint density at radius 3 is 2.47 bits per heavy atom. The summed E-state index contributed by atoms with van der Waals surface area (Å²) in [4.78, 5) is 40.4. The van der Waals surface area contributed by atoms with E-state index in [1.54, 1.807) is 44.7 Å². The lowest BCUT2D eigenvalue weighted by Gasteiger charge is -2.34. The Labute approximate surface area is 190 Å². The minimum atomic E-state index is -0.897. The van der Waals surface area contributed by atoms with Crippen LogP contribution in [0.3, 0.4) is 0 Å². The molecule has 1 aromatic rings. The topological polar surface area (TPSA) is 108 Å². The van der Waals surface area contributed by atoms with Crippen LogP contribution in [0.5, 0.6) is 5.75 Å². The number of nitrogens with one attached hydrogen (secondary N) is 2. The van der Waals surface area contributed by atoms with Crippen LogP contribution < -0.4 is 10.6 Å². The fourth-order valence-corrected chi connectivity index (χ4v) is 3.46. The Kier molecular flexibility index (Phi) is 8.92. The molecule has 2 rings (SSSR count). The maximum atomic E-state index is 13.4. The molecule has 8 heteroatoms. The summed E-state index contributed by atoms with van der Waals surface area (Å²) in [6.07, 6.45) is 3.76. The van der Waals surface area contributed by atoms with Crippen molar-refractivity contribution in [2.45, 2.75) is 90.4 Å². The number of benzene rings is 1. The molecular formula is C24H37N3O5. The van der Waals surface area contributed by atoms with Crippen molar-refractivity contribution >= 4 is 17.9 Å². The van der Waals surface area contributed by atoms with E-state index >= 15 is 0 Å². The van der Waals surface area contributed by atoms with Crippen LogP contribution in [-0.2, 0) is 14.3 Å². The van der Waals surface area contributed by atoms with Gasteiger partial charge < -0.3 is 25.4 Å². The third-order valence-corrected chi connectivity index (χ3v) is 5.09. The SMILES string of the molecule is CCCCCNC(=O)C(c1cccc(O)c1)N(C(=O)C(C)NC(=O)OC(C)(C)C)C1CC1. The number of amides is 3. The van der Waals surface area contributed by atoms with Gasteiger partial charge in [-0.05, 0) is 64.7 Å². The normalized spacial score (nSPS) is 15.4. The van der Waals surface area contributed by atoms with Crippen molar-refractivity contribution in [1.82, 2.24) is 15.5 Å². The molecule has 2 unspecified atom stereocenters. The van der Waals surface area contributed by atoms with Crippen molar-refractivity contribution in [2.24, 2.45) is 0 Å². The molecule has 1 aromatic carbocycles. The van der Waals surface area contributed by atoms with Crippen LogP contribution in [0.1, 0.15) is 78.3 Å². The second-order valence-corrected chi connectivity index (χ2v) is 9.34. The second kappa shape index (κ2) is 11.2. The molecule has 0 radical (unpaired) electrons. The van der Waals surface area contributed by atoms with Crippen LogP contribution in [0.4, 0.5) is 4.79 Å². The van der Waals surface area contributed by atoms with Crippen LogP contribution in [-0.4, -0.2) is 52.1 Å². The zero-order valence-electron chi connectivity index (χ0n) is 19.8. The van der Waals surface area contributed by atoms with Gasteiger partial charge in [-0.3, -0.25) is 9.59 Å². The highest BCUT2D eigenvalue weighted by molar-refractivity contribution is 5.92. The van der Waals surface area contributed by atoms with Crippen LogP contribution in [0.2, 0.25) is 0 Å². The number of carbonyl (C=O) groups excluding carboxylic acids is 3. The maximum absolute atomic E-state index is 13.4. The van der Waals surface area contributed by atoms with E-state index in [2.05, 4.69) is 17.6 Å². The number of unbranched alkanes of at least 4 members (excludes halogenated alkanes) is 2. The van der Waals surface area contributed by atoms with Crippen molar-refractivity contribution in [3.05, 3.63) is 29.8 Å². The van der Waals surface area contributed by atoms with Crippen molar-refractivity contribution in [2.75, 3.05) is 6.54 Å². The van der Waals surface area contributed by atoms with Gasteiger partial charge in [0.2, 0.25) is 11.8 Å². The van der Waals surface area contributed by atoms with Gasteiger partial charge >= 0.3 is 6.09 Å². The number of phenolic OH excluding ortho intramolecular Hbond substituents is 1. The number of hydrogen-bond donors (Lipinski definition) is 3. The van der Waals surface area contributed by atoms with Gasteiger partial charge in [-0.2, -0.15) is 0 Å². The molecule has 32 heavy (non-hydrogen) atoms. The number of rotatable bonds is 10. The highest BCUT2D eigenvalue weighted by Gasteiger charge is 2.43. The van der Waals surface area contributed by atoms with E-state index in [1.807, 2.05) is 0 Å². The Morgan fingerprint density at radius 1 is 1.22 bits per heavy atom. The molecule has 0 aliphatic heterocycles. The second-order valence-electron chi connectivity index (χ2n) is 9.34. The highest BCUT2D eigenvalue weighted by Crippen LogP contribution is 2.36. The molecule has 1 fully saturated rings. The van der Waals surface area contributed by atoms with Gasteiger partial charge in [0, 0.05) is 12.6 Å². The number of hydrogen-bond acceptors (Lipinski definition) is 5. The Morgan fingerprint density at radius 2 is 1.91 bits per heavy atom. The lowest BCUT2D eigenvalue weighted by atomic mass is 10.0. The fraction of sp³-hybridized carbons (Fsp3) is 0.625. The Balaban J connectivity index is 2.25. The van der Waals surface area contributed by atoms with Crippen LogP contribution in [0, 0.1) is 0 Å². The Bertz CT molecular complexity index is 801. The first-order valence-corrected chi connectivity index (χ1v) is 11.4. The van der Waals surface area contributed by atoms with E-state index < -0.39 is 23.8 Å². The van der Waals surface area contributed by atoms with Crippen LogP contribution in [0.15, 0.2) is 24.3 Å². The summed E-state index contributed by atoms with van der Waals surface area (Å²) in [7, 11) is 0. The maximum Gasteiger partial charge on any atom is 0.408 e. The van der Waals surface area contributed by atoms with E-state index in [0.29, 0.717) is 12.1 Å². The molecule has 2 atom stereocenters. The Hall–Kier alpha value is -2.77. The molecule has 3 N–H and O–H groups in total. The molecular weight excluding hydrogens is 410 g/mol. The first-order valence-electron chi connectivity index (χ1n) is 11.4. The molecule has 1 saturated carbocycles. The van der Waals surface area contributed by atoms with Crippen LogP contribution >= 0.6 is 0 Å². The van der Waals surface area contributed by atoms with Gasteiger partial charge in [0.1, 0.15) is 23.4 Å². The average molecular weight is 448 g/mol. The van der Waals surface area contributed by atoms with E-state index in [4.69, 9.17) is 4.74 Å². The van der Waals surface area contributed by atoms with Gasteiger partial charge in [0.25, 0.3) is 0 Å². The number of alkyl carbamates (subject to hydrolysis) is 1. The molecule has 1 aliphatic carbocycles. The summed E-state index contributed by atoms with van der Waals surface area (Å²) in [6, 6.07) is 4.54. The zero-order valence-corrected chi connectivity index (χ0v) is 19.8. The van der Waals surface area contributed by atoms with Gasteiger partial charge in [-0.25, -0.2) is 4.79 Å². The lowest BCUT2D eigenvalue weighted by molar-refractivity contribution is -0.142. The summed E-state index contributed by atoms with van der Waals surface area (Å²) in [5.74, 6) is -0.638. The van der Waals surface area contributed by atoms with Gasteiger partial charge in [-0.1, -0.05) is 31.9 Å². The molecule has 8 nitrogen and oxygen atoms in total. The number of aromatic hydroxyl groups is 1. The molecule has 178 valence electrons. The molecule has 0 spiro atoms. The van der Waals surface area contributed by atoms with Gasteiger partial charge in [0.15, 0.2) is 0 Å².